The molecule has 94 valence electrons. The van der Waals surface area contributed by atoms with Gasteiger partial charge in [0.2, 0.25) is 0 Å². The average molecular weight is 347 g/mol. The number of hydrogen-bond acceptors (Lipinski definition) is 2. The second-order valence-corrected chi connectivity index (χ2v) is 5.45. The van der Waals surface area contributed by atoms with E-state index in [9.17, 15) is 5.11 Å². The van der Waals surface area contributed by atoms with Gasteiger partial charge in [0.05, 0.1) is 5.02 Å². The lowest BCUT2D eigenvalue weighted by Gasteiger charge is -2.09. The summed E-state index contributed by atoms with van der Waals surface area (Å²) in [6, 6.07) is 10.5. The molecular weight excluding hydrogens is 337 g/mol. The third-order valence-electron chi connectivity index (χ3n) is 2.44. The first-order chi connectivity index (χ1) is 8.56. The van der Waals surface area contributed by atoms with Gasteiger partial charge in [-0.2, -0.15) is 0 Å². The summed E-state index contributed by atoms with van der Waals surface area (Å²) >= 11 is 15.1. The Balaban J connectivity index is 2.11. The molecular formula is C13H10BrCl2NO. The molecule has 18 heavy (non-hydrogen) atoms. The molecule has 2 rings (SSSR count). The molecule has 2 N–H and O–H groups in total. The van der Waals surface area contributed by atoms with E-state index in [2.05, 4.69) is 21.2 Å². The summed E-state index contributed by atoms with van der Waals surface area (Å²) in [6.07, 6.45) is 0. The maximum atomic E-state index is 9.68. The van der Waals surface area contributed by atoms with E-state index < -0.39 is 0 Å². The Morgan fingerprint density at radius 2 is 1.89 bits per heavy atom. The molecule has 0 amide bonds. The number of anilines is 1. The molecule has 5 heteroatoms. The van der Waals surface area contributed by atoms with Crippen molar-refractivity contribution in [2.24, 2.45) is 0 Å². The van der Waals surface area contributed by atoms with Crippen LogP contribution in [-0.4, -0.2) is 5.11 Å². The summed E-state index contributed by atoms with van der Waals surface area (Å²) in [5, 5.41) is 14.1. The Hall–Kier alpha value is -0.900. The lowest BCUT2D eigenvalue weighted by molar-refractivity contribution is 0.469. The maximum absolute atomic E-state index is 9.68. The van der Waals surface area contributed by atoms with Crippen LogP contribution in [0.25, 0.3) is 0 Å². The van der Waals surface area contributed by atoms with Crippen molar-refractivity contribution < 1.29 is 5.11 Å². The third kappa shape index (κ3) is 3.31. The standard InChI is InChI=1S/C13H10BrCl2NO/c14-11-6-10(2-3-12(11)16)17-7-8-5-9(15)1-4-13(8)18/h1-6,17-18H,7H2. The van der Waals surface area contributed by atoms with Crippen LogP contribution in [-0.2, 0) is 6.54 Å². The zero-order valence-corrected chi connectivity index (χ0v) is 12.4. The highest BCUT2D eigenvalue weighted by Gasteiger charge is 2.03. The molecule has 0 unspecified atom stereocenters. The van der Waals surface area contributed by atoms with Crippen LogP contribution in [0.15, 0.2) is 40.9 Å². The number of nitrogens with one attached hydrogen (secondary N) is 1. The van der Waals surface area contributed by atoms with Crippen molar-refractivity contribution in [1.29, 1.82) is 0 Å². The van der Waals surface area contributed by atoms with Crippen LogP contribution in [0.2, 0.25) is 10.0 Å². The molecule has 0 aliphatic carbocycles. The number of hydrogen-bond donors (Lipinski definition) is 2. The van der Waals surface area contributed by atoms with Gasteiger partial charge in [0.1, 0.15) is 5.75 Å². The normalized spacial score (nSPS) is 10.4. The van der Waals surface area contributed by atoms with E-state index in [4.69, 9.17) is 23.2 Å². The monoisotopic (exact) mass is 345 g/mol. The van der Waals surface area contributed by atoms with Crippen LogP contribution < -0.4 is 5.32 Å². The van der Waals surface area contributed by atoms with Gasteiger partial charge in [-0.25, -0.2) is 0 Å². The Morgan fingerprint density at radius 3 is 2.61 bits per heavy atom. The first-order valence-electron chi connectivity index (χ1n) is 5.22. The fraction of sp³-hybridized carbons (Fsp3) is 0.0769. The third-order valence-corrected chi connectivity index (χ3v) is 3.89. The topological polar surface area (TPSA) is 32.3 Å². The molecule has 0 saturated heterocycles. The summed E-state index contributed by atoms with van der Waals surface area (Å²) in [4.78, 5) is 0. The minimum absolute atomic E-state index is 0.222. The summed E-state index contributed by atoms with van der Waals surface area (Å²) in [5.41, 5.74) is 1.65. The molecule has 2 aromatic rings. The quantitative estimate of drug-likeness (QED) is 0.812. The van der Waals surface area contributed by atoms with Crippen LogP contribution >= 0.6 is 39.1 Å². The second-order valence-electron chi connectivity index (χ2n) is 3.76. The molecule has 0 aromatic heterocycles. The van der Waals surface area contributed by atoms with E-state index >= 15 is 0 Å². The predicted molar refractivity (Wildman–Crippen MR) is 79.6 cm³/mol. The maximum Gasteiger partial charge on any atom is 0.120 e. The smallest absolute Gasteiger partial charge is 0.120 e. The van der Waals surface area contributed by atoms with Crippen LogP contribution in [0, 0.1) is 0 Å². The number of aromatic hydroxyl groups is 1. The number of halogens is 3. The van der Waals surface area contributed by atoms with E-state index in [1.807, 2.05) is 12.1 Å². The van der Waals surface area contributed by atoms with Gasteiger partial charge < -0.3 is 10.4 Å². The number of phenolic OH excluding ortho intramolecular Hbond substituents is 1. The van der Waals surface area contributed by atoms with Gasteiger partial charge in [-0.05, 0) is 52.3 Å². The van der Waals surface area contributed by atoms with Crippen molar-refractivity contribution in [3.8, 4) is 5.75 Å². The molecule has 0 aliphatic rings. The summed E-state index contributed by atoms with van der Waals surface area (Å²) in [5.74, 6) is 0.222. The molecule has 0 aliphatic heterocycles. The minimum atomic E-state index is 0.222. The van der Waals surface area contributed by atoms with Gasteiger partial charge in [-0.15, -0.1) is 0 Å². The van der Waals surface area contributed by atoms with Gasteiger partial charge in [0.15, 0.2) is 0 Å². The Bertz CT molecular complexity index is 575. The van der Waals surface area contributed by atoms with Crippen LogP contribution in [0.1, 0.15) is 5.56 Å². The summed E-state index contributed by atoms with van der Waals surface area (Å²) < 4.78 is 0.824. The Morgan fingerprint density at radius 1 is 1.11 bits per heavy atom. The van der Waals surface area contributed by atoms with Gasteiger partial charge in [-0.3, -0.25) is 0 Å². The van der Waals surface area contributed by atoms with E-state index in [0.29, 0.717) is 16.6 Å². The number of phenols is 1. The fourth-order valence-corrected chi connectivity index (χ4v) is 2.19. The van der Waals surface area contributed by atoms with Crippen molar-refractivity contribution in [1.82, 2.24) is 0 Å². The Kier molecular flexibility index (Phi) is 4.38. The zero-order chi connectivity index (χ0) is 13.1. The molecule has 0 bridgehead atoms. The van der Waals surface area contributed by atoms with E-state index in [0.717, 1.165) is 15.7 Å². The highest BCUT2D eigenvalue weighted by Crippen LogP contribution is 2.27. The van der Waals surface area contributed by atoms with Gasteiger partial charge >= 0.3 is 0 Å². The van der Waals surface area contributed by atoms with Crippen LogP contribution in [0.3, 0.4) is 0 Å². The minimum Gasteiger partial charge on any atom is -0.508 e. The molecule has 2 nitrogen and oxygen atoms in total. The number of rotatable bonds is 3. The largest absolute Gasteiger partial charge is 0.508 e. The molecule has 0 atom stereocenters. The summed E-state index contributed by atoms with van der Waals surface area (Å²) in [7, 11) is 0. The van der Waals surface area contributed by atoms with Gasteiger partial charge in [0, 0.05) is 27.3 Å². The van der Waals surface area contributed by atoms with E-state index in [1.54, 1.807) is 24.3 Å². The lowest BCUT2D eigenvalue weighted by atomic mass is 10.2. The predicted octanol–water partition coefficient (Wildman–Crippen LogP) is 5.07. The first-order valence-corrected chi connectivity index (χ1v) is 6.77. The highest BCUT2D eigenvalue weighted by atomic mass is 79.9. The fourth-order valence-electron chi connectivity index (χ4n) is 1.50. The molecule has 2 aromatic carbocycles. The number of benzene rings is 2. The van der Waals surface area contributed by atoms with E-state index in [-0.39, 0.29) is 5.75 Å². The average Bonchev–Trinajstić information content (AvgIpc) is 2.34. The van der Waals surface area contributed by atoms with E-state index in [1.165, 1.54) is 0 Å². The first kappa shape index (κ1) is 13.5. The van der Waals surface area contributed by atoms with Crippen LogP contribution in [0.4, 0.5) is 5.69 Å². The molecule has 0 fully saturated rings. The van der Waals surface area contributed by atoms with Crippen LogP contribution in [0.5, 0.6) is 5.75 Å². The van der Waals surface area contributed by atoms with Gasteiger partial charge in [0.25, 0.3) is 0 Å². The van der Waals surface area contributed by atoms with Crippen molar-refractivity contribution >= 4 is 44.8 Å². The SMILES string of the molecule is Oc1ccc(Cl)cc1CNc1ccc(Cl)c(Br)c1. The second kappa shape index (κ2) is 5.83. The summed E-state index contributed by atoms with van der Waals surface area (Å²) in [6.45, 7) is 0.487. The molecule has 0 saturated carbocycles. The molecule has 0 radical (unpaired) electrons. The highest BCUT2D eigenvalue weighted by molar-refractivity contribution is 9.10. The molecule has 0 spiro atoms. The van der Waals surface area contributed by atoms with Crippen molar-refractivity contribution in [3.63, 3.8) is 0 Å². The lowest BCUT2D eigenvalue weighted by Crippen LogP contribution is -1.99. The van der Waals surface area contributed by atoms with Crippen molar-refractivity contribution in [2.75, 3.05) is 5.32 Å². The van der Waals surface area contributed by atoms with Crippen molar-refractivity contribution in [3.05, 3.63) is 56.5 Å². The zero-order valence-electron chi connectivity index (χ0n) is 9.25. The molecule has 0 heterocycles. The Labute approximate surface area is 124 Å². The van der Waals surface area contributed by atoms with Crippen molar-refractivity contribution in [2.45, 2.75) is 6.54 Å². The van der Waals surface area contributed by atoms with Gasteiger partial charge in [-0.1, -0.05) is 23.2 Å².